The van der Waals surface area contributed by atoms with E-state index in [-0.39, 0.29) is 9.84 Å². The van der Waals surface area contributed by atoms with Gasteiger partial charge >= 0.3 is 6.09 Å². The lowest BCUT2D eigenvalue weighted by atomic mass is 10.3. The number of halogens is 2. The molecule has 3 nitrogen and oxygen atoms in total. The van der Waals surface area contributed by atoms with Crippen molar-refractivity contribution in [2.45, 2.75) is 23.2 Å². The van der Waals surface area contributed by atoms with Gasteiger partial charge in [-0.15, -0.1) is 0 Å². The third kappa shape index (κ3) is 6.35. The first kappa shape index (κ1) is 10.2. The summed E-state index contributed by atoms with van der Waals surface area (Å²) in [6.45, 7) is 1.78. The van der Waals surface area contributed by atoms with E-state index in [9.17, 15) is 4.79 Å². The Morgan fingerprint density at radius 1 is 1.70 bits per heavy atom. The SMILES string of the molecule is CC(CC(Br)Br)OC(N)=O. The first-order chi connectivity index (χ1) is 4.52. The van der Waals surface area contributed by atoms with Gasteiger partial charge in [-0.2, -0.15) is 0 Å². The van der Waals surface area contributed by atoms with E-state index in [1.165, 1.54) is 0 Å². The third-order valence-corrected chi connectivity index (χ3v) is 1.58. The predicted octanol–water partition coefficient (Wildman–Crippen LogP) is 1.98. The maximum atomic E-state index is 10.2. The molecule has 0 aromatic heterocycles. The first-order valence-electron chi connectivity index (χ1n) is 2.76. The standard InChI is InChI=1S/C5H9Br2NO2/c1-3(2-4(6)7)10-5(8)9/h3-4H,2H2,1H3,(H2,8,9). The van der Waals surface area contributed by atoms with E-state index >= 15 is 0 Å². The fraction of sp³-hybridized carbons (Fsp3) is 0.800. The topological polar surface area (TPSA) is 52.3 Å². The van der Waals surface area contributed by atoms with E-state index in [0.717, 1.165) is 0 Å². The minimum atomic E-state index is -0.729. The van der Waals surface area contributed by atoms with Gasteiger partial charge in [-0.3, -0.25) is 0 Å². The second-order valence-corrected chi connectivity index (χ2v) is 5.31. The van der Waals surface area contributed by atoms with Gasteiger partial charge < -0.3 is 10.5 Å². The number of carbonyl (C=O) groups is 1. The van der Waals surface area contributed by atoms with Gasteiger partial charge in [0.2, 0.25) is 0 Å². The van der Waals surface area contributed by atoms with Gasteiger partial charge in [0, 0.05) is 6.42 Å². The summed E-state index contributed by atoms with van der Waals surface area (Å²) in [7, 11) is 0. The second-order valence-electron chi connectivity index (χ2n) is 1.87. The second kappa shape index (κ2) is 4.96. The Balaban J connectivity index is 3.43. The van der Waals surface area contributed by atoms with Crippen LogP contribution in [-0.4, -0.2) is 15.9 Å². The minimum absolute atomic E-state index is 0.152. The van der Waals surface area contributed by atoms with E-state index in [4.69, 9.17) is 5.73 Å². The molecule has 0 bridgehead atoms. The highest BCUT2D eigenvalue weighted by Crippen LogP contribution is 2.16. The average Bonchev–Trinajstić information content (AvgIpc) is 1.58. The van der Waals surface area contributed by atoms with Crippen LogP contribution in [0.3, 0.4) is 0 Å². The van der Waals surface area contributed by atoms with Crippen molar-refractivity contribution in [3.63, 3.8) is 0 Å². The monoisotopic (exact) mass is 273 g/mol. The van der Waals surface area contributed by atoms with Crippen LogP contribution < -0.4 is 5.73 Å². The summed E-state index contributed by atoms with van der Waals surface area (Å²) in [5.74, 6) is 0. The molecule has 0 fully saturated rings. The fourth-order valence-electron chi connectivity index (χ4n) is 0.497. The van der Waals surface area contributed by atoms with Crippen molar-refractivity contribution in [1.29, 1.82) is 0 Å². The van der Waals surface area contributed by atoms with E-state index in [0.29, 0.717) is 6.42 Å². The van der Waals surface area contributed by atoms with Gasteiger partial charge in [-0.05, 0) is 6.92 Å². The van der Waals surface area contributed by atoms with Crippen LogP contribution in [0.5, 0.6) is 0 Å². The van der Waals surface area contributed by atoms with Gasteiger partial charge in [0.15, 0.2) is 0 Å². The van der Waals surface area contributed by atoms with Crippen molar-refractivity contribution in [1.82, 2.24) is 0 Å². The van der Waals surface area contributed by atoms with Gasteiger partial charge in [0.1, 0.15) is 6.10 Å². The van der Waals surface area contributed by atoms with E-state index in [1.807, 2.05) is 0 Å². The van der Waals surface area contributed by atoms with Crippen molar-refractivity contribution in [3.05, 3.63) is 0 Å². The number of hydrogen-bond acceptors (Lipinski definition) is 2. The maximum Gasteiger partial charge on any atom is 0.404 e. The van der Waals surface area contributed by atoms with E-state index in [1.54, 1.807) is 6.92 Å². The smallest absolute Gasteiger partial charge is 0.404 e. The zero-order valence-corrected chi connectivity index (χ0v) is 8.68. The summed E-state index contributed by atoms with van der Waals surface area (Å²) < 4.78 is 4.80. The minimum Gasteiger partial charge on any atom is -0.447 e. The lowest BCUT2D eigenvalue weighted by Gasteiger charge is -2.10. The molecule has 0 aliphatic carbocycles. The molecule has 0 aromatic rings. The van der Waals surface area contributed by atoms with Crippen LogP contribution in [0.4, 0.5) is 4.79 Å². The van der Waals surface area contributed by atoms with E-state index in [2.05, 4.69) is 36.6 Å². The molecule has 0 radical (unpaired) electrons. The molecule has 0 rings (SSSR count). The molecule has 10 heavy (non-hydrogen) atoms. The average molecular weight is 275 g/mol. The number of hydrogen-bond donors (Lipinski definition) is 1. The summed E-state index contributed by atoms with van der Waals surface area (Å²) in [6, 6.07) is 0. The number of ether oxygens (including phenoxy) is 1. The van der Waals surface area contributed by atoms with Gasteiger partial charge in [0.05, 0.1) is 3.74 Å². The normalized spacial score (nSPS) is 13.2. The lowest BCUT2D eigenvalue weighted by molar-refractivity contribution is 0.114. The third-order valence-electron chi connectivity index (χ3n) is 0.827. The number of carbonyl (C=O) groups excluding carboxylic acids is 1. The molecule has 1 atom stereocenters. The first-order valence-corrected chi connectivity index (χ1v) is 4.59. The lowest BCUT2D eigenvalue weighted by Crippen LogP contribution is -2.21. The molecule has 0 aromatic carbocycles. The maximum absolute atomic E-state index is 10.2. The Hall–Kier alpha value is 0.230. The van der Waals surface area contributed by atoms with Crippen LogP contribution >= 0.6 is 31.9 Å². The van der Waals surface area contributed by atoms with Crippen LogP contribution in [-0.2, 0) is 4.74 Å². The predicted molar refractivity (Wildman–Crippen MR) is 46.4 cm³/mol. The van der Waals surface area contributed by atoms with Gasteiger partial charge in [-0.25, -0.2) is 4.79 Å². The highest BCUT2D eigenvalue weighted by molar-refractivity contribution is 9.24. The summed E-state index contributed by atoms with van der Waals surface area (Å²) in [5, 5.41) is 0. The van der Waals surface area contributed by atoms with Crippen molar-refractivity contribution in [2.75, 3.05) is 0 Å². The van der Waals surface area contributed by atoms with Crippen molar-refractivity contribution >= 4 is 38.0 Å². The molecule has 5 heteroatoms. The Kier molecular flexibility index (Phi) is 5.07. The molecule has 0 saturated carbocycles. The molecule has 0 saturated heterocycles. The van der Waals surface area contributed by atoms with Crippen LogP contribution in [0.25, 0.3) is 0 Å². The molecule has 1 unspecified atom stereocenters. The summed E-state index contributed by atoms with van der Waals surface area (Å²) in [6.07, 6.45) is -0.183. The van der Waals surface area contributed by atoms with Crippen LogP contribution in [0.2, 0.25) is 0 Å². The van der Waals surface area contributed by atoms with E-state index < -0.39 is 6.09 Å². The van der Waals surface area contributed by atoms with Crippen molar-refractivity contribution in [2.24, 2.45) is 5.73 Å². The van der Waals surface area contributed by atoms with Crippen LogP contribution in [0.1, 0.15) is 13.3 Å². The van der Waals surface area contributed by atoms with Crippen LogP contribution in [0, 0.1) is 0 Å². The Bertz CT molecular complexity index is 118. The summed E-state index contributed by atoms with van der Waals surface area (Å²) in [5.41, 5.74) is 4.78. The fourth-order valence-corrected chi connectivity index (χ4v) is 1.55. The number of primary amides is 1. The number of rotatable bonds is 3. The molecular weight excluding hydrogens is 266 g/mol. The Morgan fingerprint density at radius 3 is 2.50 bits per heavy atom. The number of nitrogens with two attached hydrogens (primary N) is 1. The molecule has 0 aliphatic heterocycles. The summed E-state index contributed by atoms with van der Waals surface area (Å²) in [4.78, 5) is 10.2. The molecule has 1 amide bonds. The molecule has 0 aliphatic rings. The van der Waals surface area contributed by atoms with Gasteiger partial charge in [-0.1, -0.05) is 31.9 Å². The van der Waals surface area contributed by atoms with Gasteiger partial charge in [0.25, 0.3) is 0 Å². The zero-order chi connectivity index (χ0) is 8.15. The highest BCUT2D eigenvalue weighted by Gasteiger charge is 2.09. The van der Waals surface area contributed by atoms with Crippen molar-refractivity contribution in [3.8, 4) is 0 Å². The zero-order valence-electron chi connectivity index (χ0n) is 5.51. The Morgan fingerprint density at radius 2 is 2.20 bits per heavy atom. The largest absolute Gasteiger partial charge is 0.447 e. The van der Waals surface area contributed by atoms with Crippen molar-refractivity contribution < 1.29 is 9.53 Å². The molecule has 2 N–H and O–H groups in total. The number of amides is 1. The molecule has 60 valence electrons. The Labute approximate surface area is 76.5 Å². The quantitative estimate of drug-likeness (QED) is 0.800. The molecule has 0 heterocycles. The molecular formula is C5H9Br2NO2. The summed E-state index contributed by atoms with van der Waals surface area (Å²) >= 11 is 6.50. The molecule has 0 spiro atoms. The number of alkyl halides is 2. The highest BCUT2D eigenvalue weighted by atomic mass is 79.9. The van der Waals surface area contributed by atoms with Crippen LogP contribution in [0.15, 0.2) is 0 Å².